The SMILES string of the molecule is COCC(C)Oc1nc(CO)cc2ccccc12. The number of hydrogen-bond donors (Lipinski definition) is 1. The largest absolute Gasteiger partial charge is 0.472 e. The number of aromatic nitrogens is 1. The lowest BCUT2D eigenvalue weighted by molar-refractivity contribution is 0.0897. The zero-order valence-electron chi connectivity index (χ0n) is 10.6. The van der Waals surface area contributed by atoms with Gasteiger partial charge in [-0.15, -0.1) is 0 Å². The number of fused-ring (bicyclic) bond motifs is 1. The average molecular weight is 247 g/mol. The molecule has 2 aromatic rings. The van der Waals surface area contributed by atoms with Crippen LogP contribution < -0.4 is 4.74 Å². The van der Waals surface area contributed by atoms with E-state index in [0.29, 0.717) is 18.2 Å². The molecule has 0 radical (unpaired) electrons. The molecule has 0 fully saturated rings. The van der Waals surface area contributed by atoms with Gasteiger partial charge in [0.05, 0.1) is 18.9 Å². The lowest BCUT2D eigenvalue weighted by Gasteiger charge is -2.15. The normalized spacial score (nSPS) is 12.6. The molecule has 1 aromatic heterocycles. The van der Waals surface area contributed by atoms with Crippen LogP contribution in [0.2, 0.25) is 0 Å². The first-order chi connectivity index (χ1) is 8.74. The van der Waals surface area contributed by atoms with Crippen molar-refractivity contribution in [2.75, 3.05) is 13.7 Å². The van der Waals surface area contributed by atoms with Crippen LogP contribution in [0, 0.1) is 0 Å². The lowest BCUT2D eigenvalue weighted by Crippen LogP contribution is -2.19. The Morgan fingerprint density at radius 2 is 2.11 bits per heavy atom. The molecular weight excluding hydrogens is 230 g/mol. The summed E-state index contributed by atoms with van der Waals surface area (Å²) in [6.07, 6.45) is -0.0835. The molecular formula is C14H17NO3. The highest BCUT2D eigenvalue weighted by Gasteiger charge is 2.10. The highest BCUT2D eigenvalue weighted by Crippen LogP contribution is 2.25. The van der Waals surface area contributed by atoms with E-state index in [0.717, 1.165) is 10.8 Å². The van der Waals surface area contributed by atoms with Crippen LogP contribution in [-0.2, 0) is 11.3 Å². The van der Waals surface area contributed by atoms with Crippen LogP contribution in [0.3, 0.4) is 0 Å². The predicted molar refractivity (Wildman–Crippen MR) is 69.6 cm³/mol. The van der Waals surface area contributed by atoms with E-state index in [4.69, 9.17) is 9.47 Å². The third kappa shape index (κ3) is 2.78. The second kappa shape index (κ2) is 5.80. The summed E-state index contributed by atoms with van der Waals surface area (Å²) < 4.78 is 10.8. The lowest BCUT2D eigenvalue weighted by atomic mass is 10.1. The van der Waals surface area contributed by atoms with E-state index >= 15 is 0 Å². The van der Waals surface area contributed by atoms with E-state index < -0.39 is 0 Å². The first-order valence-corrected chi connectivity index (χ1v) is 5.89. The van der Waals surface area contributed by atoms with Crippen molar-refractivity contribution in [1.82, 2.24) is 4.98 Å². The van der Waals surface area contributed by atoms with Crippen molar-refractivity contribution in [1.29, 1.82) is 0 Å². The minimum absolute atomic E-state index is 0.0835. The van der Waals surface area contributed by atoms with Crippen molar-refractivity contribution in [3.63, 3.8) is 0 Å². The van der Waals surface area contributed by atoms with Crippen molar-refractivity contribution >= 4 is 10.8 Å². The number of aliphatic hydroxyl groups excluding tert-OH is 1. The summed E-state index contributed by atoms with van der Waals surface area (Å²) in [6, 6.07) is 9.69. The highest BCUT2D eigenvalue weighted by atomic mass is 16.5. The minimum atomic E-state index is -0.0974. The molecule has 18 heavy (non-hydrogen) atoms. The van der Waals surface area contributed by atoms with Crippen molar-refractivity contribution in [2.45, 2.75) is 19.6 Å². The number of benzene rings is 1. The first kappa shape index (κ1) is 12.8. The highest BCUT2D eigenvalue weighted by molar-refractivity contribution is 5.87. The third-order valence-electron chi connectivity index (χ3n) is 2.63. The molecule has 4 nitrogen and oxygen atoms in total. The van der Waals surface area contributed by atoms with Gasteiger partial charge in [0.2, 0.25) is 5.88 Å². The quantitative estimate of drug-likeness (QED) is 0.879. The summed E-state index contributed by atoms with van der Waals surface area (Å²) in [6.45, 7) is 2.32. The smallest absolute Gasteiger partial charge is 0.222 e. The van der Waals surface area contributed by atoms with E-state index in [-0.39, 0.29) is 12.7 Å². The van der Waals surface area contributed by atoms with Gasteiger partial charge >= 0.3 is 0 Å². The molecule has 1 N–H and O–H groups in total. The molecule has 1 heterocycles. The van der Waals surface area contributed by atoms with Crippen molar-refractivity contribution in [2.24, 2.45) is 0 Å². The summed E-state index contributed by atoms with van der Waals surface area (Å²) in [5, 5.41) is 11.2. The molecule has 0 saturated carbocycles. The monoisotopic (exact) mass is 247 g/mol. The number of pyridine rings is 1. The third-order valence-corrected chi connectivity index (χ3v) is 2.63. The fourth-order valence-electron chi connectivity index (χ4n) is 1.85. The molecule has 1 unspecified atom stereocenters. The maximum Gasteiger partial charge on any atom is 0.222 e. The number of methoxy groups -OCH3 is 1. The molecule has 0 spiro atoms. The molecule has 0 aliphatic carbocycles. The van der Waals surface area contributed by atoms with Crippen LogP contribution >= 0.6 is 0 Å². The summed E-state index contributed by atoms with van der Waals surface area (Å²) in [4.78, 5) is 4.31. The van der Waals surface area contributed by atoms with Crippen LogP contribution in [0.5, 0.6) is 5.88 Å². The van der Waals surface area contributed by atoms with Gasteiger partial charge in [0.15, 0.2) is 0 Å². The molecule has 0 aliphatic rings. The zero-order valence-corrected chi connectivity index (χ0v) is 10.6. The van der Waals surface area contributed by atoms with Gasteiger partial charge in [0.25, 0.3) is 0 Å². The molecule has 96 valence electrons. The van der Waals surface area contributed by atoms with Crippen molar-refractivity contribution in [3.8, 4) is 5.88 Å². The van der Waals surface area contributed by atoms with Crippen LogP contribution in [0.4, 0.5) is 0 Å². The van der Waals surface area contributed by atoms with Crippen LogP contribution in [-0.4, -0.2) is 29.9 Å². The van der Waals surface area contributed by atoms with Gasteiger partial charge in [-0.2, -0.15) is 0 Å². The van der Waals surface area contributed by atoms with Gasteiger partial charge in [-0.25, -0.2) is 4.98 Å². The molecule has 1 aromatic carbocycles. The molecule has 0 amide bonds. The molecule has 1 atom stereocenters. The Labute approximate surface area is 106 Å². The Hall–Kier alpha value is -1.65. The van der Waals surface area contributed by atoms with E-state index in [1.165, 1.54) is 0 Å². The minimum Gasteiger partial charge on any atom is -0.472 e. The van der Waals surface area contributed by atoms with Crippen LogP contribution in [0.1, 0.15) is 12.6 Å². The summed E-state index contributed by atoms with van der Waals surface area (Å²) in [5.74, 6) is 0.543. The fraction of sp³-hybridized carbons (Fsp3) is 0.357. The molecule has 0 bridgehead atoms. The first-order valence-electron chi connectivity index (χ1n) is 5.89. The number of nitrogens with zero attached hydrogens (tertiary/aromatic N) is 1. The molecule has 4 heteroatoms. The summed E-state index contributed by atoms with van der Waals surface area (Å²) in [5.41, 5.74) is 0.605. The Balaban J connectivity index is 2.40. The second-order valence-corrected chi connectivity index (χ2v) is 4.18. The topological polar surface area (TPSA) is 51.6 Å². The van der Waals surface area contributed by atoms with Gasteiger partial charge in [-0.1, -0.05) is 18.2 Å². The van der Waals surface area contributed by atoms with E-state index in [2.05, 4.69) is 4.98 Å². The van der Waals surface area contributed by atoms with Crippen molar-refractivity contribution in [3.05, 3.63) is 36.0 Å². The van der Waals surface area contributed by atoms with E-state index in [9.17, 15) is 5.11 Å². The molecule has 2 rings (SSSR count). The average Bonchev–Trinajstić information content (AvgIpc) is 2.38. The van der Waals surface area contributed by atoms with Gasteiger partial charge < -0.3 is 14.6 Å². The number of aliphatic hydroxyl groups is 1. The maximum absolute atomic E-state index is 9.22. The Bertz CT molecular complexity index is 527. The van der Waals surface area contributed by atoms with Gasteiger partial charge in [0.1, 0.15) is 6.10 Å². The van der Waals surface area contributed by atoms with E-state index in [1.807, 2.05) is 37.3 Å². The Morgan fingerprint density at radius 1 is 1.33 bits per heavy atom. The number of hydrogen-bond acceptors (Lipinski definition) is 4. The molecule has 0 saturated heterocycles. The zero-order chi connectivity index (χ0) is 13.0. The number of rotatable bonds is 5. The summed E-state index contributed by atoms with van der Waals surface area (Å²) >= 11 is 0. The van der Waals surface area contributed by atoms with Crippen LogP contribution in [0.15, 0.2) is 30.3 Å². The summed E-state index contributed by atoms with van der Waals surface area (Å²) in [7, 11) is 1.63. The second-order valence-electron chi connectivity index (χ2n) is 4.18. The van der Waals surface area contributed by atoms with E-state index in [1.54, 1.807) is 7.11 Å². The Kier molecular flexibility index (Phi) is 4.12. The van der Waals surface area contributed by atoms with Crippen LogP contribution in [0.25, 0.3) is 10.8 Å². The Morgan fingerprint density at radius 3 is 2.83 bits per heavy atom. The van der Waals surface area contributed by atoms with Gasteiger partial charge in [-0.3, -0.25) is 0 Å². The van der Waals surface area contributed by atoms with Gasteiger partial charge in [-0.05, 0) is 24.4 Å². The standard InChI is InChI=1S/C14H17NO3/c1-10(9-17-2)18-14-13-6-4-3-5-11(13)7-12(8-16)15-14/h3-7,10,16H,8-9H2,1-2H3. The van der Waals surface area contributed by atoms with Crippen molar-refractivity contribution < 1.29 is 14.6 Å². The molecule has 0 aliphatic heterocycles. The maximum atomic E-state index is 9.22. The fourth-order valence-corrected chi connectivity index (χ4v) is 1.85. The van der Waals surface area contributed by atoms with Gasteiger partial charge in [0, 0.05) is 12.5 Å². The number of ether oxygens (including phenoxy) is 2. The predicted octanol–water partition coefficient (Wildman–Crippen LogP) is 2.14.